The number of nitrogens with zero attached hydrogens (tertiary/aromatic N) is 1. The summed E-state index contributed by atoms with van der Waals surface area (Å²) in [4.78, 5) is 2.25. The normalized spacial score (nSPS) is 41.1. The Morgan fingerprint density at radius 2 is 2.07 bits per heavy atom. The Kier molecular flexibility index (Phi) is 3.38. The first kappa shape index (κ1) is 10.4. The molecule has 0 aromatic rings. The van der Waals surface area contributed by atoms with Crippen molar-refractivity contribution in [3.05, 3.63) is 0 Å². The molecule has 0 radical (unpaired) electrons. The van der Waals surface area contributed by atoms with Crippen LogP contribution in [0.2, 0.25) is 0 Å². The van der Waals surface area contributed by atoms with E-state index in [0.29, 0.717) is 6.54 Å². The van der Waals surface area contributed by atoms with Crippen LogP contribution in [0.5, 0.6) is 0 Å². The molecule has 14 heavy (non-hydrogen) atoms. The lowest BCUT2D eigenvalue weighted by Crippen LogP contribution is -2.55. The molecule has 0 aromatic carbocycles. The maximum absolute atomic E-state index is 9.82. The molecule has 2 fully saturated rings. The van der Waals surface area contributed by atoms with E-state index in [9.17, 15) is 10.2 Å². The molecule has 82 valence electrons. The first-order chi connectivity index (χ1) is 6.77. The highest BCUT2D eigenvalue weighted by Gasteiger charge is 2.31. The predicted octanol–water partition coefficient (Wildman–Crippen LogP) is -0.834. The highest BCUT2D eigenvalue weighted by molar-refractivity contribution is 4.87. The van der Waals surface area contributed by atoms with Gasteiger partial charge in [-0.2, -0.15) is 0 Å². The van der Waals surface area contributed by atoms with Crippen LogP contribution in [0.1, 0.15) is 19.3 Å². The Morgan fingerprint density at radius 1 is 1.21 bits per heavy atom. The number of hydrogen-bond acceptors (Lipinski definition) is 4. The molecule has 3 N–H and O–H groups in total. The summed E-state index contributed by atoms with van der Waals surface area (Å²) in [6.07, 6.45) is 2.50. The van der Waals surface area contributed by atoms with E-state index in [1.807, 2.05) is 0 Å². The van der Waals surface area contributed by atoms with Crippen molar-refractivity contribution in [3.63, 3.8) is 0 Å². The van der Waals surface area contributed by atoms with Crippen molar-refractivity contribution < 1.29 is 10.2 Å². The molecular weight excluding hydrogens is 180 g/mol. The van der Waals surface area contributed by atoms with E-state index in [1.165, 1.54) is 0 Å². The fraction of sp³-hybridized carbons (Fsp3) is 1.00. The average Bonchev–Trinajstić information content (AvgIpc) is 2.18. The molecule has 4 heteroatoms. The summed E-state index contributed by atoms with van der Waals surface area (Å²) in [6.45, 7) is 3.44. The SMILES string of the molecule is OC1CNCCC1N1CCC[C@@H](O)C1. The molecule has 4 nitrogen and oxygen atoms in total. The summed E-state index contributed by atoms with van der Waals surface area (Å²) in [5.41, 5.74) is 0. The van der Waals surface area contributed by atoms with Gasteiger partial charge in [0.05, 0.1) is 12.2 Å². The van der Waals surface area contributed by atoms with Gasteiger partial charge in [-0.05, 0) is 32.4 Å². The van der Waals surface area contributed by atoms with Gasteiger partial charge in [0.15, 0.2) is 0 Å². The monoisotopic (exact) mass is 200 g/mol. The second-order valence-electron chi connectivity index (χ2n) is 4.42. The lowest BCUT2D eigenvalue weighted by molar-refractivity contribution is -0.0149. The Labute approximate surface area is 84.9 Å². The fourth-order valence-electron chi connectivity index (χ4n) is 2.54. The summed E-state index contributed by atoms with van der Waals surface area (Å²) in [6, 6.07) is 0.256. The van der Waals surface area contributed by atoms with E-state index in [2.05, 4.69) is 10.2 Å². The zero-order chi connectivity index (χ0) is 9.97. The summed E-state index contributed by atoms with van der Waals surface area (Å²) >= 11 is 0. The van der Waals surface area contributed by atoms with E-state index in [0.717, 1.165) is 38.9 Å². The van der Waals surface area contributed by atoms with Crippen molar-refractivity contribution in [2.75, 3.05) is 26.2 Å². The first-order valence-electron chi connectivity index (χ1n) is 5.58. The number of aliphatic hydroxyl groups is 2. The highest BCUT2D eigenvalue weighted by Crippen LogP contribution is 2.18. The molecule has 0 aliphatic carbocycles. The van der Waals surface area contributed by atoms with Crippen LogP contribution in [-0.2, 0) is 0 Å². The summed E-state index contributed by atoms with van der Waals surface area (Å²) < 4.78 is 0. The van der Waals surface area contributed by atoms with Gasteiger partial charge >= 0.3 is 0 Å². The molecule has 0 amide bonds. The van der Waals surface area contributed by atoms with Crippen molar-refractivity contribution in [2.45, 2.75) is 37.5 Å². The van der Waals surface area contributed by atoms with Gasteiger partial charge in [-0.3, -0.25) is 4.90 Å². The zero-order valence-electron chi connectivity index (χ0n) is 8.52. The minimum atomic E-state index is -0.269. The minimum absolute atomic E-state index is 0.189. The number of piperidine rings is 2. The van der Waals surface area contributed by atoms with Crippen LogP contribution in [0.4, 0.5) is 0 Å². The van der Waals surface area contributed by atoms with Crippen LogP contribution in [0.15, 0.2) is 0 Å². The Bertz CT molecular complexity index is 189. The smallest absolute Gasteiger partial charge is 0.0819 e. The largest absolute Gasteiger partial charge is 0.392 e. The molecule has 0 aromatic heterocycles. The molecule has 2 saturated heterocycles. The molecule has 2 unspecified atom stereocenters. The third-order valence-corrected chi connectivity index (χ3v) is 3.31. The second kappa shape index (κ2) is 4.57. The fourth-order valence-corrected chi connectivity index (χ4v) is 2.54. The molecular formula is C10H20N2O2. The standard InChI is InChI=1S/C10H20N2O2/c13-8-2-1-5-12(7-8)9-3-4-11-6-10(9)14/h8-11,13-14H,1-7H2/t8-,9?,10?/m1/s1. The Hall–Kier alpha value is -0.160. The highest BCUT2D eigenvalue weighted by atomic mass is 16.3. The number of rotatable bonds is 1. The summed E-state index contributed by atoms with van der Waals surface area (Å²) in [5.74, 6) is 0. The molecule has 0 bridgehead atoms. The number of β-amino-alcohol motifs (C(OH)–C–C–N with tert-alkyl or cyclic N) is 2. The second-order valence-corrected chi connectivity index (χ2v) is 4.42. The summed E-state index contributed by atoms with van der Waals surface area (Å²) in [7, 11) is 0. The molecule has 0 saturated carbocycles. The Morgan fingerprint density at radius 3 is 2.79 bits per heavy atom. The van der Waals surface area contributed by atoms with Crippen LogP contribution < -0.4 is 5.32 Å². The van der Waals surface area contributed by atoms with Crippen LogP contribution in [0.3, 0.4) is 0 Å². The molecule has 0 spiro atoms. The van der Waals surface area contributed by atoms with Gasteiger partial charge in [0, 0.05) is 19.1 Å². The van der Waals surface area contributed by atoms with Gasteiger partial charge in [-0.15, -0.1) is 0 Å². The molecule has 2 rings (SSSR count). The van der Waals surface area contributed by atoms with Crippen molar-refractivity contribution in [1.29, 1.82) is 0 Å². The Balaban J connectivity index is 1.91. The number of likely N-dealkylation sites (tertiary alicyclic amines) is 1. The third kappa shape index (κ3) is 2.25. The maximum atomic E-state index is 9.82. The lowest BCUT2D eigenvalue weighted by atomic mass is 9.98. The van der Waals surface area contributed by atoms with Crippen LogP contribution >= 0.6 is 0 Å². The van der Waals surface area contributed by atoms with Crippen molar-refractivity contribution in [3.8, 4) is 0 Å². The predicted molar refractivity (Wildman–Crippen MR) is 54.1 cm³/mol. The number of hydrogen-bond donors (Lipinski definition) is 3. The summed E-state index contributed by atoms with van der Waals surface area (Å²) in [5, 5.41) is 22.6. The number of aliphatic hydroxyl groups excluding tert-OH is 2. The maximum Gasteiger partial charge on any atom is 0.0819 e. The van der Waals surface area contributed by atoms with E-state index in [1.54, 1.807) is 0 Å². The third-order valence-electron chi connectivity index (χ3n) is 3.31. The van der Waals surface area contributed by atoms with Crippen molar-refractivity contribution in [2.24, 2.45) is 0 Å². The van der Waals surface area contributed by atoms with Crippen LogP contribution in [-0.4, -0.2) is 59.5 Å². The zero-order valence-corrected chi connectivity index (χ0v) is 8.52. The molecule has 2 heterocycles. The van der Waals surface area contributed by atoms with Gasteiger partial charge in [0.25, 0.3) is 0 Å². The van der Waals surface area contributed by atoms with E-state index in [-0.39, 0.29) is 18.2 Å². The molecule has 2 aliphatic rings. The van der Waals surface area contributed by atoms with E-state index < -0.39 is 0 Å². The topological polar surface area (TPSA) is 55.7 Å². The number of nitrogens with one attached hydrogen (secondary N) is 1. The van der Waals surface area contributed by atoms with Crippen LogP contribution in [0, 0.1) is 0 Å². The average molecular weight is 200 g/mol. The van der Waals surface area contributed by atoms with Crippen LogP contribution in [0.25, 0.3) is 0 Å². The first-order valence-corrected chi connectivity index (χ1v) is 5.58. The molecule has 2 aliphatic heterocycles. The van der Waals surface area contributed by atoms with E-state index >= 15 is 0 Å². The molecule has 3 atom stereocenters. The van der Waals surface area contributed by atoms with Gasteiger partial charge < -0.3 is 15.5 Å². The van der Waals surface area contributed by atoms with Gasteiger partial charge in [0.1, 0.15) is 0 Å². The minimum Gasteiger partial charge on any atom is -0.392 e. The quantitative estimate of drug-likeness (QED) is 0.517. The van der Waals surface area contributed by atoms with Crippen molar-refractivity contribution >= 4 is 0 Å². The van der Waals surface area contributed by atoms with Crippen molar-refractivity contribution in [1.82, 2.24) is 10.2 Å². The van der Waals surface area contributed by atoms with Gasteiger partial charge in [0.2, 0.25) is 0 Å². The van der Waals surface area contributed by atoms with Gasteiger partial charge in [-0.25, -0.2) is 0 Å². The van der Waals surface area contributed by atoms with E-state index in [4.69, 9.17) is 0 Å². The lowest BCUT2D eigenvalue weighted by Gasteiger charge is -2.41. The van der Waals surface area contributed by atoms with Gasteiger partial charge in [-0.1, -0.05) is 0 Å².